The van der Waals surface area contributed by atoms with Gasteiger partial charge < -0.3 is 25.2 Å². The number of halogens is 5. The number of benzene rings is 1. The van der Waals surface area contributed by atoms with Gasteiger partial charge in [-0.25, -0.2) is 9.18 Å². The summed E-state index contributed by atoms with van der Waals surface area (Å²) in [5, 5.41) is 14.3. The SMILES string of the molecule is O=C(COc1ccc(Cl)c(F)c1)N[C@H]1CC[C@H](C(=O)Nc2cccc(OC(F)(F)F)n2)N(C(=O)O)C1. The minimum absolute atomic E-state index is 0.00503. The molecule has 1 fully saturated rings. The van der Waals surface area contributed by atoms with Gasteiger partial charge in [-0.3, -0.25) is 14.5 Å². The van der Waals surface area contributed by atoms with Crippen molar-refractivity contribution in [3.63, 3.8) is 0 Å². The summed E-state index contributed by atoms with van der Waals surface area (Å²) < 4.78 is 59.5. The predicted octanol–water partition coefficient (Wildman–Crippen LogP) is 3.42. The number of carbonyl (C=O) groups excluding carboxylic acids is 2. The third kappa shape index (κ3) is 7.60. The van der Waals surface area contributed by atoms with Crippen molar-refractivity contribution < 1.29 is 46.5 Å². The van der Waals surface area contributed by atoms with Crippen molar-refractivity contribution in [2.45, 2.75) is 31.3 Å². The second-order valence-corrected chi connectivity index (χ2v) is 7.96. The largest absolute Gasteiger partial charge is 0.574 e. The van der Waals surface area contributed by atoms with Crippen molar-refractivity contribution in [1.82, 2.24) is 15.2 Å². The van der Waals surface area contributed by atoms with Crippen LogP contribution in [0.1, 0.15) is 12.8 Å². The van der Waals surface area contributed by atoms with E-state index in [4.69, 9.17) is 16.3 Å². The van der Waals surface area contributed by atoms with Gasteiger partial charge in [-0.05, 0) is 31.0 Å². The van der Waals surface area contributed by atoms with Crippen molar-refractivity contribution in [3.05, 3.63) is 47.2 Å². The van der Waals surface area contributed by atoms with Crippen LogP contribution < -0.4 is 20.1 Å². The summed E-state index contributed by atoms with van der Waals surface area (Å²) in [6, 6.07) is 5.13. The minimum atomic E-state index is -4.98. The Balaban J connectivity index is 1.56. The molecule has 1 saturated heterocycles. The number of ether oxygens (including phenoxy) is 2. The number of likely N-dealkylation sites (tertiary alicyclic amines) is 1. The van der Waals surface area contributed by atoms with Crippen LogP contribution in [0, 0.1) is 5.82 Å². The quantitative estimate of drug-likeness (QED) is 0.464. The summed E-state index contributed by atoms with van der Waals surface area (Å²) in [6.45, 7) is -0.712. The molecule has 0 bridgehead atoms. The van der Waals surface area contributed by atoms with Crippen molar-refractivity contribution in [3.8, 4) is 11.6 Å². The lowest BCUT2D eigenvalue weighted by atomic mass is 9.98. The van der Waals surface area contributed by atoms with E-state index in [9.17, 15) is 37.1 Å². The first-order valence-electron chi connectivity index (χ1n) is 10.3. The Morgan fingerprint density at radius 1 is 1.19 bits per heavy atom. The number of alkyl halides is 3. The number of nitrogens with zero attached hydrogens (tertiary/aromatic N) is 2. The number of nitrogens with one attached hydrogen (secondary N) is 2. The molecule has 0 unspecified atom stereocenters. The molecule has 2 atom stereocenters. The van der Waals surface area contributed by atoms with Crippen LogP contribution in [0.2, 0.25) is 5.02 Å². The van der Waals surface area contributed by atoms with E-state index in [0.29, 0.717) is 0 Å². The van der Waals surface area contributed by atoms with E-state index in [-0.39, 0.29) is 36.0 Å². The molecular formula is C21H19ClF4N4O6. The van der Waals surface area contributed by atoms with E-state index in [1.165, 1.54) is 24.3 Å². The number of carbonyl (C=O) groups is 3. The molecule has 15 heteroatoms. The van der Waals surface area contributed by atoms with Crippen LogP contribution in [0.4, 0.5) is 28.2 Å². The average Bonchev–Trinajstić information content (AvgIpc) is 2.79. The van der Waals surface area contributed by atoms with Crippen molar-refractivity contribution >= 4 is 35.3 Å². The molecule has 3 amide bonds. The lowest BCUT2D eigenvalue weighted by Gasteiger charge is -2.37. The zero-order valence-corrected chi connectivity index (χ0v) is 19.0. The third-order valence-corrected chi connectivity index (χ3v) is 5.26. The van der Waals surface area contributed by atoms with Crippen molar-refractivity contribution in [1.29, 1.82) is 0 Å². The molecule has 36 heavy (non-hydrogen) atoms. The van der Waals surface area contributed by atoms with E-state index in [0.717, 1.165) is 17.0 Å². The molecule has 2 aromatic rings. The van der Waals surface area contributed by atoms with Crippen LogP contribution >= 0.6 is 11.6 Å². The average molecular weight is 535 g/mol. The highest BCUT2D eigenvalue weighted by atomic mass is 35.5. The van der Waals surface area contributed by atoms with Gasteiger partial charge in [0.25, 0.3) is 5.91 Å². The highest BCUT2D eigenvalue weighted by molar-refractivity contribution is 6.30. The standard InChI is InChI=1S/C21H19ClF4N4O6/c22-13-6-5-12(8-14(13)23)35-10-17(31)27-11-4-7-15(30(9-11)20(33)34)19(32)29-16-2-1-3-18(28-16)36-21(24,25)26/h1-3,5-6,8,11,15H,4,7,9-10H2,(H,27,31)(H,33,34)(H,28,29,32)/t11-,15+/m0/s1. The van der Waals surface area contributed by atoms with E-state index in [1.807, 2.05) is 0 Å². The summed E-state index contributed by atoms with van der Waals surface area (Å²) in [4.78, 5) is 40.9. The van der Waals surface area contributed by atoms with Crippen molar-refractivity contribution in [2.75, 3.05) is 18.5 Å². The second-order valence-electron chi connectivity index (χ2n) is 7.56. The number of pyridine rings is 1. The smallest absolute Gasteiger partial charge is 0.484 e. The van der Waals surface area contributed by atoms with Gasteiger partial charge in [0.15, 0.2) is 6.61 Å². The molecule has 1 aliphatic heterocycles. The summed E-state index contributed by atoms with van der Waals surface area (Å²) in [5.74, 6) is -3.14. The molecule has 0 saturated carbocycles. The fraction of sp³-hybridized carbons (Fsp3) is 0.333. The molecule has 194 valence electrons. The molecule has 1 aromatic heterocycles. The molecule has 3 N–H and O–H groups in total. The van der Waals surface area contributed by atoms with Crippen LogP contribution in [0.25, 0.3) is 0 Å². The number of aromatic nitrogens is 1. The van der Waals surface area contributed by atoms with E-state index < -0.39 is 54.7 Å². The van der Waals surface area contributed by atoms with Gasteiger partial charge in [0.1, 0.15) is 23.4 Å². The molecule has 3 rings (SSSR count). The van der Waals surface area contributed by atoms with Crippen LogP contribution in [0.15, 0.2) is 36.4 Å². The molecule has 1 aliphatic rings. The molecular weight excluding hydrogens is 516 g/mol. The van der Waals surface area contributed by atoms with Gasteiger partial charge in [-0.1, -0.05) is 17.7 Å². The zero-order chi connectivity index (χ0) is 26.5. The number of hydrogen-bond acceptors (Lipinski definition) is 6. The first-order valence-corrected chi connectivity index (χ1v) is 10.7. The van der Waals surface area contributed by atoms with Crippen LogP contribution in [0.3, 0.4) is 0 Å². The summed E-state index contributed by atoms with van der Waals surface area (Å²) >= 11 is 5.58. The fourth-order valence-corrected chi connectivity index (χ4v) is 3.54. The van der Waals surface area contributed by atoms with Gasteiger partial charge in [-0.15, -0.1) is 13.2 Å². The number of rotatable bonds is 7. The molecule has 2 heterocycles. The molecule has 0 radical (unpaired) electrons. The molecule has 1 aromatic carbocycles. The fourth-order valence-electron chi connectivity index (χ4n) is 3.43. The second kappa shape index (κ2) is 11.3. The van der Waals surface area contributed by atoms with Gasteiger partial charge >= 0.3 is 12.5 Å². The predicted molar refractivity (Wildman–Crippen MR) is 116 cm³/mol. The maximum absolute atomic E-state index is 13.5. The maximum atomic E-state index is 13.5. The van der Waals surface area contributed by atoms with Gasteiger partial charge in [0.2, 0.25) is 11.8 Å². The summed E-state index contributed by atoms with van der Waals surface area (Å²) in [7, 11) is 0. The van der Waals surface area contributed by atoms with E-state index >= 15 is 0 Å². The normalized spacial score (nSPS) is 17.8. The monoisotopic (exact) mass is 534 g/mol. The van der Waals surface area contributed by atoms with E-state index in [2.05, 4.69) is 20.4 Å². The van der Waals surface area contributed by atoms with Crippen molar-refractivity contribution in [2.24, 2.45) is 0 Å². The highest BCUT2D eigenvalue weighted by Gasteiger charge is 2.37. The Kier molecular flexibility index (Phi) is 8.40. The lowest BCUT2D eigenvalue weighted by Crippen LogP contribution is -2.57. The number of piperidine rings is 1. The van der Waals surface area contributed by atoms with Crippen LogP contribution in [-0.2, 0) is 9.59 Å². The maximum Gasteiger partial charge on any atom is 0.574 e. The van der Waals surface area contributed by atoms with Crippen LogP contribution in [0.5, 0.6) is 11.6 Å². The zero-order valence-electron chi connectivity index (χ0n) is 18.2. The summed E-state index contributed by atoms with van der Waals surface area (Å²) in [6.07, 6.45) is -6.20. The Morgan fingerprint density at radius 2 is 1.94 bits per heavy atom. The topological polar surface area (TPSA) is 130 Å². The summed E-state index contributed by atoms with van der Waals surface area (Å²) in [5.41, 5.74) is 0. The van der Waals surface area contributed by atoms with Gasteiger partial charge in [-0.2, -0.15) is 4.98 Å². The Bertz CT molecular complexity index is 1140. The lowest BCUT2D eigenvalue weighted by molar-refractivity contribution is -0.276. The number of hydrogen-bond donors (Lipinski definition) is 3. The van der Waals surface area contributed by atoms with Gasteiger partial charge in [0, 0.05) is 24.7 Å². The van der Waals surface area contributed by atoms with Crippen LogP contribution in [-0.4, -0.2) is 64.5 Å². The minimum Gasteiger partial charge on any atom is -0.484 e. The number of amides is 3. The first kappa shape index (κ1) is 26.8. The number of carboxylic acid groups (broad SMARTS) is 1. The van der Waals surface area contributed by atoms with E-state index in [1.54, 1.807) is 0 Å². The first-order chi connectivity index (χ1) is 16.9. The molecule has 0 aliphatic carbocycles. The number of anilines is 1. The Labute approximate surface area is 206 Å². The van der Waals surface area contributed by atoms with Gasteiger partial charge in [0.05, 0.1) is 5.02 Å². The Hall–Kier alpha value is -3.81. The molecule has 0 spiro atoms. The Morgan fingerprint density at radius 3 is 2.61 bits per heavy atom. The highest BCUT2D eigenvalue weighted by Crippen LogP contribution is 2.24. The third-order valence-electron chi connectivity index (χ3n) is 4.95. The molecule has 10 nitrogen and oxygen atoms in total.